The van der Waals surface area contributed by atoms with E-state index >= 15 is 0 Å². The molecule has 49 heavy (non-hydrogen) atoms. The molecule has 3 rings (SSSR count). The molecule has 0 unspecified atom stereocenters. The van der Waals surface area contributed by atoms with E-state index in [4.69, 9.17) is 19.9 Å². The maximum absolute atomic E-state index is 13.1. The van der Waals surface area contributed by atoms with Crippen molar-refractivity contribution in [1.29, 1.82) is 0 Å². The van der Waals surface area contributed by atoms with Crippen molar-refractivity contribution in [3.63, 3.8) is 0 Å². The number of sulfone groups is 1. The number of methoxy groups -OCH3 is 3. The Hall–Kier alpha value is -4.59. The second kappa shape index (κ2) is 22.9. The van der Waals surface area contributed by atoms with Crippen LogP contribution in [0.4, 0.5) is 0 Å². The molecule has 0 saturated heterocycles. The maximum Gasteiger partial charge on any atom is 0.206 e. The van der Waals surface area contributed by atoms with Crippen LogP contribution in [0.3, 0.4) is 0 Å². The molecule has 266 valence electrons. The van der Waals surface area contributed by atoms with E-state index in [9.17, 15) is 8.42 Å². The molecule has 0 radical (unpaired) electrons. The first-order valence-electron chi connectivity index (χ1n) is 15.9. The summed E-state index contributed by atoms with van der Waals surface area (Å²) in [6, 6.07) is 23.8. The third-order valence-electron chi connectivity index (χ3n) is 6.70. The van der Waals surface area contributed by atoms with Gasteiger partial charge in [-0.1, -0.05) is 107 Å². The van der Waals surface area contributed by atoms with E-state index in [1.54, 1.807) is 69.9 Å². The number of allylic oxidation sites excluding steroid dienone is 8. The fourth-order valence-corrected chi connectivity index (χ4v) is 5.59. The Bertz CT molecular complexity index is 1590. The fourth-order valence-electron chi connectivity index (χ4n) is 3.92. The summed E-state index contributed by atoms with van der Waals surface area (Å²) in [6.45, 7) is 20.7. The Morgan fingerprint density at radius 2 is 1.16 bits per heavy atom. The van der Waals surface area contributed by atoms with Crippen LogP contribution in [-0.4, -0.2) is 29.7 Å². The zero-order valence-corrected chi connectivity index (χ0v) is 31.9. The normalized spacial score (nSPS) is 12.0. The highest BCUT2D eigenvalue weighted by Gasteiger charge is 2.29. The van der Waals surface area contributed by atoms with Gasteiger partial charge in [-0.2, -0.15) is 0 Å². The summed E-state index contributed by atoms with van der Waals surface area (Å²) in [5.74, 6) is 2.62. The van der Waals surface area contributed by atoms with Gasteiger partial charge in [-0.25, -0.2) is 8.42 Å². The highest BCUT2D eigenvalue weighted by molar-refractivity contribution is 7.91. The highest BCUT2D eigenvalue weighted by atomic mass is 32.2. The van der Waals surface area contributed by atoms with Gasteiger partial charge in [-0.3, -0.25) is 0 Å². The Morgan fingerprint density at radius 3 is 1.49 bits per heavy atom. The summed E-state index contributed by atoms with van der Waals surface area (Å²) in [4.78, 5) is 0.584. The molecule has 0 saturated carbocycles. The first-order chi connectivity index (χ1) is 23.1. The van der Waals surface area contributed by atoms with Gasteiger partial charge in [-0.15, -0.1) is 0 Å². The topological polar surface area (TPSA) is 87.9 Å². The Kier molecular flexibility index (Phi) is 20.7. The molecule has 0 fully saturated rings. The van der Waals surface area contributed by atoms with Gasteiger partial charge >= 0.3 is 0 Å². The molecular formula is C42H57NO5S. The first-order valence-corrected chi connectivity index (χ1v) is 17.4. The molecule has 0 aliphatic rings. The van der Waals surface area contributed by atoms with E-state index in [2.05, 4.69) is 33.9 Å². The van der Waals surface area contributed by atoms with Gasteiger partial charge in [0.05, 0.1) is 31.1 Å². The van der Waals surface area contributed by atoms with Crippen LogP contribution in [0, 0.1) is 0 Å². The molecular weight excluding hydrogens is 631 g/mol. The third-order valence-corrected chi connectivity index (χ3v) is 8.51. The summed E-state index contributed by atoms with van der Waals surface area (Å²) < 4.78 is 41.0. The van der Waals surface area contributed by atoms with Crippen LogP contribution in [0.25, 0.3) is 0 Å². The van der Waals surface area contributed by atoms with Gasteiger partial charge in [0.15, 0.2) is 0 Å². The smallest absolute Gasteiger partial charge is 0.206 e. The molecule has 0 spiro atoms. The van der Waals surface area contributed by atoms with Crippen LogP contribution in [-0.2, 0) is 30.3 Å². The highest BCUT2D eigenvalue weighted by Crippen LogP contribution is 2.34. The first kappa shape index (κ1) is 44.4. The number of nitrogens with two attached hydrogens (primary N) is 1. The van der Waals surface area contributed by atoms with Crippen molar-refractivity contribution < 1.29 is 22.6 Å². The van der Waals surface area contributed by atoms with Crippen LogP contribution < -0.4 is 10.5 Å². The Morgan fingerprint density at radius 1 is 0.714 bits per heavy atom. The van der Waals surface area contributed by atoms with Crippen molar-refractivity contribution in [2.75, 3.05) is 21.3 Å². The van der Waals surface area contributed by atoms with Gasteiger partial charge in [-0.05, 0) is 98.9 Å². The summed E-state index contributed by atoms with van der Waals surface area (Å²) in [7, 11) is 1.33. The molecule has 0 aliphatic heterocycles. The Labute approximate surface area is 296 Å². The zero-order valence-electron chi connectivity index (χ0n) is 31.1. The molecule has 0 amide bonds. The SMILES string of the molecule is C=C/C=C\C(=C/C)OC.C=C/C=C\C(=C/C)OC.CC(C)(C)c1ccc(C(C)(C)N)c(S(=O)(=O)c2ccccc2)c1.COc1ccccc1. The monoisotopic (exact) mass is 687 g/mol. The lowest BCUT2D eigenvalue weighted by molar-refractivity contribution is 0.306. The summed E-state index contributed by atoms with van der Waals surface area (Å²) in [5, 5.41) is 0. The second-order valence-electron chi connectivity index (χ2n) is 12.0. The van der Waals surface area contributed by atoms with Crippen molar-refractivity contribution in [3.8, 4) is 5.75 Å². The number of ether oxygens (including phenoxy) is 3. The molecule has 0 aromatic heterocycles. The lowest BCUT2D eigenvalue weighted by atomic mass is 9.85. The predicted molar refractivity (Wildman–Crippen MR) is 207 cm³/mol. The summed E-state index contributed by atoms with van der Waals surface area (Å²) in [6.07, 6.45) is 14.6. The molecule has 3 aromatic rings. The van der Waals surface area contributed by atoms with E-state index < -0.39 is 15.4 Å². The molecule has 6 nitrogen and oxygen atoms in total. The van der Waals surface area contributed by atoms with E-state index in [1.807, 2.05) is 107 Å². The zero-order chi connectivity index (χ0) is 37.5. The standard InChI is InChI=1S/C19H25NO2S.2C8H12O.C7H8O/c1-18(2,3)14-11-12-16(19(4,5)20)17(13-14)23(21,22)15-9-7-6-8-10-15;2*1-4-6-7-8(5-2)9-3;1-8-7-5-3-2-4-6-7/h6-13H,20H2,1-5H3;2*4-7H,1H2,2-3H3;2-6H,1H3/b;2*7-6-,8-5+;. The molecule has 0 aliphatic carbocycles. The Balaban J connectivity index is 0.000000729. The quantitative estimate of drug-likeness (QED) is 0.169. The minimum Gasteiger partial charge on any atom is -0.497 e. The molecule has 2 N–H and O–H groups in total. The average molecular weight is 688 g/mol. The third kappa shape index (κ3) is 16.9. The van der Waals surface area contributed by atoms with Crippen molar-refractivity contribution >= 4 is 9.84 Å². The number of para-hydroxylation sites is 1. The average Bonchev–Trinajstić information content (AvgIpc) is 3.10. The number of hydrogen-bond donors (Lipinski definition) is 1. The lowest BCUT2D eigenvalue weighted by Crippen LogP contribution is -2.31. The molecule has 7 heteroatoms. The number of rotatable bonds is 10. The van der Waals surface area contributed by atoms with Crippen LogP contribution in [0.15, 0.2) is 162 Å². The van der Waals surface area contributed by atoms with Gasteiger partial charge in [0, 0.05) is 5.54 Å². The van der Waals surface area contributed by atoms with Crippen LogP contribution in [0.2, 0.25) is 0 Å². The second-order valence-corrected chi connectivity index (χ2v) is 13.9. The number of benzene rings is 3. The van der Waals surface area contributed by atoms with Crippen molar-refractivity contribution in [2.24, 2.45) is 5.73 Å². The summed E-state index contributed by atoms with van der Waals surface area (Å²) in [5.41, 5.74) is 6.95. The van der Waals surface area contributed by atoms with Crippen molar-refractivity contribution in [1.82, 2.24) is 0 Å². The maximum atomic E-state index is 13.1. The van der Waals surface area contributed by atoms with Crippen molar-refractivity contribution in [3.05, 3.63) is 163 Å². The van der Waals surface area contributed by atoms with Gasteiger partial charge in [0.1, 0.15) is 17.3 Å². The van der Waals surface area contributed by atoms with E-state index in [0.29, 0.717) is 10.5 Å². The minimum atomic E-state index is -3.62. The number of hydrogen-bond acceptors (Lipinski definition) is 6. The van der Waals surface area contributed by atoms with Gasteiger partial charge in [0.2, 0.25) is 9.84 Å². The molecule has 3 aromatic carbocycles. The van der Waals surface area contributed by atoms with Crippen LogP contribution >= 0.6 is 0 Å². The minimum absolute atomic E-state index is 0.141. The van der Waals surface area contributed by atoms with Crippen LogP contribution in [0.5, 0.6) is 5.75 Å². The molecule has 0 atom stereocenters. The predicted octanol–water partition coefficient (Wildman–Crippen LogP) is 10.3. The largest absolute Gasteiger partial charge is 0.497 e. The van der Waals surface area contributed by atoms with Gasteiger partial charge in [0.25, 0.3) is 0 Å². The molecule has 0 heterocycles. The van der Waals surface area contributed by atoms with Gasteiger partial charge < -0.3 is 19.9 Å². The fraction of sp³-hybridized carbons (Fsp3) is 0.286. The van der Waals surface area contributed by atoms with E-state index in [0.717, 1.165) is 22.8 Å². The summed E-state index contributed by atoms with van der Waals surface area (Å²) >= 11 is 0. The molecule has 0 bridgehead atoms. The lowest BCUT2D eigenvalue weighted by Gasteiger charge is -2.26. The van der Waals surface area contributed by atoms with E-state index in [-0.39, 0.29) is 10.3 Å². The van der Waals surface area contributed by atoms with Crippen LogP contribution in [0.1, 0.15) is 59.6 Å². The van der Waals surface area contributed by atoms with Crippen molar-refractivity contribution in [2.45, 2.75) is 69.2 Å². The van der Waals surface area contributed by atoms with E-state index in [1.165, 1.54) is 0 Å².